The lowest BCUT2D eigenvalue weighted by atomic mass is 10.1. The summed E-state index contributed by atoms with van der Waals surface area (Å²) in [5.74, 6) is 1.43. The van der Waals surface area contributed by atoms with E-state index in [0.717, 1.165) is 33.8 Å². The standard InChI is InChI=1S/C22H25N3O3/c1-15-6-5-7-20(16(15)2)23-22(26)14-25(3)13-19-12-21(24-28-19)17-8-10-18(27-4)11-9-17/h5-12H,13-14H2,1-4H3,(H,23,26). The van der Waals surface area contributed by atoms with Gasteiger partial charge in [-0.3, -0.25) is 9.69 Å². The van der Waals surface area contributed by atoms with Crippen molar-refractivity contribution in [3.8, 4) is 17.0 Å². The molecule has 2 aromatic carbocycles. The fraction of sp³-hybridized carbons (Fsp3) is 0.273. The van der Waals surface area contributed by atoms with E-state index in [9.17, 15) is 4.79 Å². The molecular formula is C22H25N3O3. The molecule has 0 bridgehead atoms. The second-order valence-corrected chi connectivity index (χ2v) is 6.87. The van der Waals surface area contributed by atoms with E-state index >= 15 is 0 Å². The van der Waals surface area contributed by atoms with Crippen LogP contribution in [0.4, 0.5) is 5.69 Å². The third kappa shape index (κ3) is 4.78. The number of amides is 1. The molecule has 1 N–H and O–H groups in total. The van der Waals surface area contributed by atoms with E-state index in [1.807, 2.05) is 74.3 Å². The quantitative estimate of drug-likeness (QED) is 0.671. The predicted octanol–water partition coefficient (Wildman–Crippen LogP) is 4.04. The zero-order chi connectivity index (χ0) is 20.1. The number of anilines is 1. The number of aryl methyl sites for hydroxylation is 1. The Hall–Kier alpha value is -3.12. The van der Waals surface area contributed by atoms with Crippen LogP contribution in [0.25, 0.3) is 11.3 Å². The monoisotopic (exact) mass is 379 g/mol. The van der Waals surface area contributed by atoms with Crippen molar-refractivity contribution < 1.29 is 14.1 Å². The summed E-state index contributed by atoms with van der Waals surface area (Å²) in [6.07, 6.45) is 0. The summed E-state index contributed by atoms with van der Waals surface area (Å²) in [6.45, 7) is 4.78. The normalized spacial score (nSPS) is 10.9. The van der Waals surface area contributed by atoms with Crippen molar-refractivity contribution in [1.82, 2.24) is 10.1 Å². The minimum atomic E-state index is -0.0638. The van der Waals surface area contributed by atoms with Gasteiger partial charge in [0.2, 0.25) is 5.91 Å². The van der Waals surface area contributed by atoms with Crippen molar-refractivity contribution in [3.63, 3.8) is 0 Å². The lowest BCUT2D eigenvalue weighted by molar-refractivity contribution is -0.117. The highest BCUT2D eigenvalue weighted by atomic mass is 16.5. The number of hydrogen-bond donors (Lipinski definition) is 1. The number of carbonyl (C=O) groups excluding carboxylic acids is 1. The van der Waals surface area contributed by atoms with Gasteiger partial charge in [0.05, 0.1) is 20.2 Å². The highest BCUT2D eigenvalue weighted by Gasteiger charge is 2.13. The van der Waals surface area contributed by atoms with Crippen molar-refractivity contribution >= 4 is 11.6 Å². The van der Waals surface area contributed by atoms with E-state index in [4.69, 9.17) is 9.26 Å². The van der Waals surface area contributed by atoms with Crippen LogP contribution in [0.5, 0.6) is 5.75 Å². The minimum Gasteiger partial charge on any atom is -0.497 e. The first-order valence-corrected chi connectivity index (χ1v) is 9.11. The predicted molar refractivity (Wildman–Crippen MR) is 109 cm³/mol. The van der Waals surface area contributed by atoms with Crippen LogP contribution in [0.2, 0.25) is 0 Å². The van der Waals surface area contributed by atoms with Crippen molar-refractivity contribution in [2.75, 3.05) is 26.0 Å². The molecule has 0 aliphatic carbocycles. The highest BCUT2D eigenvalue weighted by Crippen LogP contribution is 2.22. The summed E-state index contributed by atoms with van der Waals surface area (Å²) in [5.41, 5.74) is 4.79. The molecule has 0 saturated heterocycles. The molecule has 1 amide bonds. The van der Waals surface area contributed by atoms with Crippen LogP contribution in [0.1, 0.15) is 16.9 Å². The number of methoxy groups -OCH3 is 1. The van der Waals surface area contributed by atoms with E-state index in [0.29, 0.717) is 12.3 Å². The average Bonchev–Trinajstić information content (AvgIpc) is 3.13. The van der Waals surface area contributed by atoms with Crippen LogP contribution >= 0.6 is 0 Å². The molecule has 6 nitrogen and oxygen atoms in total. The van der Waals surface area contributed by atoms with Gasteiger partial charge in [0.25, 0.3) is 0 Å². The molecule has 6 heteroatoms. The fourth-order valence-electron chi connectivity index (χ4n) is 2.93. The molecule has 1 aromatic heterocycles. The zero-order valence-corrected chi connectivity index (χ0v) is 16.7. The lowest BCUT2D eigenvalue weighted by Gasteiger charge is -2.15. The van der Waals surface area contributed by atoms with Crippen molar-refractivity contribution in [3.05, 3.63) is 65.4 Å². The average molecular weight is 379 g/mol. The Balaban J connectivity index is 1.57. The van der Waals surface area contributed by atoms with Crippen molar-refractivity contribution in [2.24, 2.45) is 0 Å². The van der Waals surface area contributed by atoms with Gasteiger partial charge in [-0.05, 0) is 62.4 Å². The summed E-state index contributed by atoms with van der Waals surface area (Å²) in [5, 5.41) is 7.09. The number of benzene rings is 2. The SMILES string of the molecule is COc1ccc(-c2cc(CN(C)CC(=O)Nc3cccc(C)c3C)on2)cc1. The summed E-state index contributed by atoms with van der Waals surface area (Å²) >= 11 is 0. The number of ether oxygens (including phenoxy) is 1. The summed E-state index contributed by atoms with van der Waals surface area (Å²) < 4.78 is 10.6. The Kier molecular flexibility index (Phi) is 6.11. The van der Waals surface area contributed by atoms with Crippen molar-refractivity contribution in [1.29, 1.82) is 0 Å². The Morgan fingerprint density at radius 2 is 1.93 bits per heavy atom. The summed E-state index contributed by atoms with van der Waals surface area (Å²) in [4.78, 5) is 14.2. The van der Waals surface area contributed by atoms with Crippen LogP contribution < -0.4 is 10.1 Å². The largest absolute Gasteiger partial charge is 0.497 e. The molecule has 0 aliphatic heterocycles. The van der Waals surface area contributed by atoms with Gasteiger partial charge in [-0.2, -0.15) is 0 Å². The molecule has 28 heavy (non-hydrogen) atoms. The molecule has 0 spiro atoms. The molecule has 1 heterocycles. The molecular weight excluding hydrogens is 354 g/mol. The number of rotatable bonds is 7. The molecule has 3 rings (SSSR count). The Morgan fingerprint density at radius 1 is 1.18 bits per heavy atom. The smallest absolute Gasteiger partial charge is 0.238 e. The minimum absolute atomic E-state index is 0.0638. The number of nitrogens with zero attached hydrogens (tertiary/aromatic N) is 2. The number of likely N-dealkylation sites (N-methyl/N-ethyl adjacent to an activating group) is 1. The van der Waals surface area contributed by atoms with Gasteiger partial charge in [-0.15, -0.1) is 0 Å². The van der Waals surface area contributed by atoms with E-state index in [2.05, 4.69) is 10.5 Å². The second-order valence-electron chi connectivity index (χ2n) is 6.87. The van der Waals surface area contributed by atoms with Gasteiger partial charge in [0.15, 0.2) is 5.76 Å². The second kappa shape index (κ2) is 8.71. The third-order valence-corrected chi connectivity index (χ3v) is 4.66. The van der Waals surface area contributed by atoms with Crippen LogP contribution in [-0.2, 0) is 11.3 Å². The number of carbonyl (C=O) groups is 1. The lowest BCUT2D eigenvalue weighted by Crippen LogP contribution is -2.30. The van der Waals surface area contributed by atoms with Crippen LogP contribution in [0, 0.1) is 13.8 Å². The molecule has 0 fully saturated rings. The summed E-state index contributed by atoms with van der Waals surface area (Å²) in [7, 11) is 3.51. The fourth-order valence-corrected chi connectivity index (χ4v) is 2.93. The molecule has 146 valence electrons. The Bertz CT molecular complexity index is 948. The van der Waals surface area contributed by atoms with Gasteiger partial charge in [0, 0.05) is 17.3 Å². The maximum Gasteiger partial charge on any atom is 0.238 e. The molecule has 0 saturated carbocycles. The topological polar surface area (TPSA) is 67.6 Å². The highest BCUT2D eigenvalue weighted by molar-refractivity contribution is 5.93. The van der Waals surface area contributed by atoms with Gasteiger partial charge >= 0.3 is 0 Å². The molecule has 0 unspecified atom stereocenters. The first-order chi connectivity index (χ1) is 13.5. The zero-order valence-electron chi connectivity index (χ0n) is 16.7. The van der Waals surface area contributed by atoms with E-state index in [1.165, 1.54) is 0 Å². The van der Waals surface area contributed by atoms with E-state index in [1.54, 1.807) is 7.11 Å². The maximum atomic E-state index is 12.4. The number of hydrogen-bond acceptors (Lipinski definition) is 5. The van der Waals surface area contributed by atoms with Gasteiger partial charge in [-0.25, -0.2) is 0 Å². The summed E-state index contributed by atoms with van der Waals surface area (Å²) in [6, 6.07) is 15.4. The number of aromatic nitrogens is 1. The van der Waals surface area contributed by atoms with Crippen molar-refractivity contribution in [2.45, 2.75) is 20.4 Å². The van der Waals surface area contributed by atoms with Gasteiger partial charge < -0.3 is 14.6 Å². The van der Waals surface area contributed by atoms with Gasteiger partial charge in [0.1, 0.15) is 11.4 Å². The van der Waals surface area contributed by atoms with Crippen LogP contribution in [-0.4, -0.2) is 36.7 Å². The Labute approximate surface area is 165 Å². The van der Waals surface area contributed by atoms with Gasteiger partial charge in [-0.1, -0.05) is 17.3 Å². The molecule has 0 radical (unpaired) electrons. The molecule has 3 aromatic rings. The van der Waals surface area contributed by atoms with E-state index in [-0.39, 0.29) is 12.5 Å². The van der Waals surface area contributed by atoms with Crippen LogP contribution in [0.3, 0.4) is 0 Å². The molecule has 0 aliphatic rings. The number of nitrogens with one attached hydrogen (secondary N) is 1. The third-order valence-electron chi connectivity index (χ3n) is 4.66. The van der Waals surface area contributed by atoms with E-state index < -0.39 is 0 Å². The first-order valence-electron chi connectivity index (χ1n) is 9.11. The Morgan fingerprint density at radius 3 is 2.64 bits per heavy atom. The maximum absolute atomic E-state index is 12.4. The molecule has 0 atom stereocenters. The van der Waals surface area contributed by atoms with Crippen LogP contribution in [0.15, 0.2) is 53.1 Å². The first kappa shape index (κ1) is 19.6.